The third kappa shape index (κ3) is 6.66. The van der Waals surface area contributed by atoms with Crippen molar-refractivity contribution in [2.24, 2.45) is 0 Å². The van der Waals surface area contributed by atoms with E-state index in [0.29, 0.717) is 37.8 Å². The summed E-state index contributed by atoms with van der Waals surface area (Å²) >= 11 is 1.50. The number of thiazole rings is 1. The van der Waals surface area contributed by atoms with Crippen molar-refractivity contribution in [1.82, 2.24) is 20.1 Å². The van der Waals surface area contributed by atoms with Crippen molar-refractivity contribution in [1.29, 1.82) is 0 Å². The molecule has 1 N–H and O–H groups in total. The van der Waals surface area contributed by atoms with Crippen LogP contribution in [0.15, 0.2) is 41.9 Å². The first-order valence-corrected chi connectivity index (χ1v) is 15.0. The highest BCUT2D eigenvalue weighted by Crippen LogP contribution is 2.34. The molecule has 178 valence electrons. The number of benzene rings is 1. The van der Waals surface area contributed by atoms with E-state index < -0.39 is 10.0 Å². The molecule has 0 bridgehead atoms. The van der Waals surface area contributed by atoms with Crippen LogP contribution < -0.4 is 5.32 Å². The fourth-order valence-corrected chi connectivity index (χ4v) is 4.95. The average molecular weight is 489 g/mol. The van der Waals surface area contributed by atoms with Crippen molar-refractivity contribution >= 4 is 27.3 Å². The Kier molecular flexibility index (Phi) is 7.85. The molecule has 1 aliphatic heterocycles. The number of nitrogens with one attached hydrogen (secondary N) is 1. The van der Waals surface area contributed by atoms with E-state index in [0.717, 1.165) is 34.9 Å². The zero-order valence-corrected chi connectivity index (χ0v) is 21.1. The van der Waals surface area contributed by atoms with Gasteiger partial charge in [-0.25, -0.2) is 19.7 Å². The predicted molar refractivity (Wildman–Crippen MR) is 136 cm³/mol. The summed E-state index contributed by atoms with van der Waals surface area (Å²) in [5.74, 6) is 0.907. The minimum absolute atomic E-state index is 0.115. The molecule has 4 rings (SSSR count). The van der Waals surface area contributed by atoms with Gasteiger partial charge < -0.3 is 14.8 Å². The van der Waals surface area contributed by atoms with Gasteiger partial charge in [0, 0.05) is 42.1 Å². The fourth-order valence-electron chi connectivity index (χ4n) is 3.51. The number of ether oxygens (including phenoxy) is 2. The molecule has 9 heteroatoms. The first-order valence-electron chi connectivity index (χ1n) is 11.1. The van der Waals surface area contributed by atoms with Gasteiger partial charge in [0.2, 0.25) is 0 Å². The van der Waals surface area contributed by atoms with Crippen molar-refractivity contribution < 1.29 is 14.3 Å². The summed E-state index contributed by atoms with van der Waals surface area (Å²) in [6.07, 6.45) is 10.2. The number of carbonyl (C=O) groups is 1. The lowest BCUT2D eigenvalue weighted by Gasteiger charge is -2.24. The number of hydrogen-bond donors (Lipinski definition) is 1. The van der Waals surface area contributed by atoms with Gasteiger partial charge in [0.05, 0.1) is 17.9 Å². The molecule has 7 nitrogen and oxygen atoms in total. The summed E-state index contributed by atoms with van der Waals surface area (Å²) in [4.78, 5) is 18.0. The molecule has 1 amide bonds. The lowest BCUT2D eigenvalue weighted by Crippen LogP contribution is -2.38. The Balaban J connectivity index is 1.55. The second-order valence-corrected chi connectivity index (χ2v) is 14.5. The molecular weight excluding hydrogens is 456 g/mol. The molecule has 0 spiro atoms. The maximum absolute atomic E-state index is 13.2. The van der Waals surface area contributed by atoms with Crippen LogP contribution >= 0.6 is 21.4 Å². The van der Waals surface area contributed by atoms with E-state index in [4.69, 9.17) is 19.6 Å². The summed E-state index contributed by atoms with van der Waals surface area (Å²) in [6.45, 7) is 2.33. The van der Waals surface area contributed by atoms with Crippen LogP contribution in [0, 0.1) is 0 Å². The van der Waals surface area contributed by atoms with Gasteiger partial charge in [0.15, 0.2) is 0 Å². The molecule has 0 atom stereocenters. The predicted octanol–water partition coefficient (Wildman–Crippen LogP) is 4.25. The third-order valence-electron chi connectivity index (χ3n) is 5.40. The molecule has 1 fully saturated rings. The van der Waals surface area contributed by atoms with Crippen LogP contribution in [0.4, 0.5) is 0 Å². The van der Waals surface area contributed by atoms with Crippen LogP contribution in [-0.2, 0) is 16.2 Å². The minimum Gasteiger partial charge on any atom is -0.381 e. The highest BCUT2D eigenvalue weighted by atomic mass is 32.3. The van der Waals surface area contributed by atoms with Gasteiger partial charge in [-0.05, 0) is 31.6 Å². The number of carbonyl (C=O) groups excluding carboxylic acids is 1. The first kappa shape index (κ1) is 23.9. The van der Waals surface area contributed by atoms with E-state index in [1.165, 1.54) is 11.3 Å². The monoisotopic (exact) mass is 488 g/mol. The van der Waals surface area contributed by atoms with Gasteiger partial charge in [-0.3, -0.25) is 4.79 Å². The van der Waals surface area contributed by atoms with Gasteiger partial charge in [-0.2, -0.15) is 5.10 Å². The van der Waals surface area contributed by atoms with E-state index >= 15 is 0 Å². The van der Waals surface area contributed by atoms with Crippen LogP contribution in [0.5, 0.6) is 0 Å². The Bertz CT molecular complexity index is 1050. The van der Waals surface area contributed by atoms with E-state index in [9.17, 15) is 4.79 Å². The maximum Gasteiger partial charge on any atom is 0.255 e. The van der Waals surface area contributed by atoms with Gasteiger partial charge in [-0.15, -0.1) is 11.3 Å². The normalized spacial score (nSPS) is 15.5. The fraction of sp³-hybridized carbons (Fsp3) is 0.458. The van der Waals surface area contributed by atoms with Gasteiger partial charge in [-0.1, -0.05) is 30.3 Å². The zero-order valence-electron chi connectivity index (χ0n) is 19.5. The average Bonchev–Trinajstić information content (AvgIpc) is 3.45. The number of amides is 1. The smallest absolute Gasteiger partial charge is 0.255 e. The highest BCUT2D eigenvalue weighted by molar-refractivity contribution is 8.32. The molecule has 0 radical (unpaired) electrons. The molecule has 0 aliphatic carbocycles. The molecule has 3 heterocycles. The minimum atomic E-state index is -0.615. The molecule has 1 saturated heterocycles. The summed E-state index contributed by atoms with van der Waals surface area (Å²) in [5, 5.41) is 10.6. The van der Waals surface area contributed by atoms with Gasteiger partial charge >= 0.3 is 0 Å². The van der Waals surface area contributed by atoms with Gasteiger partial charge in [0.25, 0.3) is 5.91 Å². The molecule has 0 saturated carbocycles. The lowest BCUT2D eigenvalue weighted by molar-refractivity contribution is 0.0695. The second-order valence-electron chi connectivity index (χ2n) is 9.03. The number of hydrogen-bond acceptors (Lipinski definition) is 6. The summed E-state index contributed by atoms with van der Waals surface area (Å²) in [7, 11) is -0.615. The van der Waals surface area contributed by atoms with Crippen molar-refractivity contribution in [2.45, 2.75) is 25.6 Å². The van der Waals surface area contributed by atoms with Crippen LogP contribution in [0.3, 0.4) is 0 Å². The van der Waals surface area contributed by atoms with Crippen LogP contribution in [0.1, 0.15) is 23.2 Å². The van der Waals surface area contributed by atoms with E-state index in [1.807, 2.05) is 35.7 Å². The second kappa shape index (κ2) is 10.8. The number of rotatable bonds is 9. The van der Waals surface area contributed by atoms with Crippen molar-refractivity contribution in [3.63, 3.8) is 0 Å². The zero-order chi connectivity index (χ0) is 23.3. The van der Waals surface area contributed by atoms with E-state index in [1.54, 1.807) is 10.9 Å². The summed E-state index contributed by atoms with van der Waals surface area (Å²) in [5.41, 5.74) is 3.04. The Morgan fingerprint density at radius 3 is 2.73 bits per heavy atom. The first-order chi connectivity index (χ1) is 15.9. The Labute approximate surface area is 200 Å². The van der Waals surface area contributed by atoms with Gasteiger partial charge in [0.1, 0.15) is 17.4 Å². The molecule has 2 aromatic heterocycles. The number of aromatic nitrogens is 3. The molecule has 1 aromatic carbocycles. The Hall–Kier alpha value is -2.20. The summed E-state index contributed by atoms with van der Waals surface area (Å²) < 4.78 is 13.0. The number of nitrogens with zero attached hydrogens (tertiary/aromatic N) is 3. The summed E-state index contributed by atoms with van der Waals surface area (Å²) in [6, 6.07) is 10.1. The largest absolute Gasteiger partial charge is 0.381 e. The van der Waals surface area contributed by atoms with Crippen LogP contribution in [0.25, 0.3) is 22.0 Å². The third-order valence-corrected chi connectivity index (χ3v) is 7.64. The Morgan fingerprint density at radius 2 is 2.00 bits per heavy atom. The van der Waals surface area contributed by atoms with Crippen molar-refractivity contribution in [3.05, 3.63) is 47.5 Å². The van der Waals surface area contributed by atoms with E-state index in [2.05, 4.69) is 24.1 Å². The standard InChI is InChI=1S/C24H32N4O3S2/c1-33(2,3)14-13-31-17-28-15-20(23(29)25-19-9-11-30-12-10-19)22(27-28)24-26-21(16-32-24)18-7-5-4-6-8-18/h4-8,15-16,19H,9-14,17H2,1-3H3,(H,25,29). The van der Waals surface area contributed by atoms with Crippen LogP contribution in [-0.4, -0.2) is 71.1 Å². The molecule has 33 heavy (non-hydrogen) atoms. The maximum atomic E-state index is 13.2. The van der Waals surface area contributed by atoms with Crippen LogP contribution in [0.2, 0.25) is 0 Å². The topological polar surface area (TPSA) is 78.3 Å². The molecule has 0 unspecified atom stereocenters. The molecule has 1 aliphatic rings. The molecular formula is C24H32N4O3S2. The lowest BCUT2D eigenvalue weighted by atomic mass is 10.1. The van der Waals surface area contributed by atoms with Crippen molar-refractivity contribution in [2.75, 3.05) is 44.3 Å². The SMILES string of the molecule is CS(C)(C)CCOCn1cc(C(=O)NC2CCOCC2)c(-c2nc(-c3ccccc3)cs2)n1. The van der Waals surface area contributed by atoms with Crippen molar-refractivity contribution in [3.8, 4) is 22.0 Å². The van der Waals surface area contributed by atoms with E-state index in [-0.39, 0.29) is 11.9 Å². The highest BCUT2D eigenvalue weighted by Gasteiger charge is 2.24. The molecule has 3 aromatic rings. The quantitative estimate of drug-likeness (QED) is 0.456. The Morgan fingerprint density at radius 1 is 1.24 bits per heavy atom.